The second-order valence-electron chi connectivity index (χ2n) is 4.18. The van der Waals surface area contributed by atoms with Crippen LogP contribution in [0.25, 0.3) is 0 Å². The first-order valence-corrected chi connectivity index (χ1v) is 6.12. The largest absolute Gasteiger partial charge is 0.439 e. The summed E-state index contributed by atoms with van der Waals surface area (Å²) in [6.07, 6.45) is 0. The molecule has 1 aromatic carbocycles. The highest BCUT2D eigenvalue weighted by atomic mass is 19.1. The average Bonchev–Trinajstić information content (AvgIpc) is 2.33. The maximum atomic E-state index is 13.4. The van der Waals surface area contributed by atoms with Crippen molar-refractivity contribution in [1.29, 1.82) is 0 Å². The van der Waals surface area contributed by atoms with Gasteiger partial charge in [-0.3, -0.25) is 0 Å². The topological polar surface area (TPSA) is 47.0 Å². The quantitative estimate of drug-likeness (QED) is 0.915. The van der Waals surface area contributed by atoms with Gasteiger partial charge in [-0.1, -0.05) is 6.07 Å². The summed E-state index contributed by atoms with van der Waals surface area (Å²) in [5.41, 5.74) is 0.583. The van der Waals surface area contributed by atoms with Crippen LogP contribution in [0, 0.1) is 19.7 Å². The number of rotatable bonds is 4. The highest BCUT2D eigenvalue weighted by Crippen LogP contribution is 2.23. The molecule has 0 spiro atoms. The number of hydrogen-bond acceptors (Lipinski definition) is 4. The van der Waals surface area contributed by atoms with E-state index in [0.717, 1.165) is 6.54 Å². The van der Waals surface area contributed by atoms with Crippen LogP contribution < -0.4 is 10.1 Å². The normalized spacial score (nSPS) is 10.3. The fraction of sp³-hybridized carbons (Fsp3) is 0.286. The Labute approximate surface area is 111 Å². The molecule has 0 aliphatic heterocycles. The molecule has 0 fully saturated rings. The van der Waals surface area contributed by atoms with Crippen molar-refractivity contribution in [1.82, 2.24) is 9.97 Å². The van der Waals surface area contributed by atoms with E-state index in [9.17, 15) is 4.39 Å². The molecule has 100 valence electrons. The number of nitrogens with zero attached hydrogens (tertiary/aromatic N) is 2. The molecule has 0 saturated carbocycles. The molecule has 0 aliphatic rings. The van der Waals surface area contributed by atoms with Crippen molar-refractivity contribution in [2.45, 2.75) is 20.8 Å². The minimum Gasteiger partial charge on any atom is -0.439 e. The van der Waals surface area contributed by atoms with E-state index in [1.54, 1.807) is 32.0 Å². The van der Waals surface area contributed by atoms with Crippen molar-refractivity contribution in [3.8, 4) is 11.6 Å². The van der Waals surface area contributed by atoms with Gasteiger partial charge in [-0.15, -0.1) is 0 Å². The zero-order chi connectivity index (χ0) is 13.8. The maximum Gasteiger partial charge on any atom is 0.224 e. The van der Waals surface area contributed by atoms with Gasteiger partial charge >= 0.3 is 0 Å². The Morgan fingerprint density at radius 3 is 2.68 bits per heavy atom. The molecule has 2 rings (SSSR count). The summed E-state index contributed by atoms with van der Waals surface area (Å²) >= 11 is 0. The number of benzene rings is 1. The first-order chi connectivity index (χ1) is 9.08. The lowest BCUT2D eigenvalue weighted by atomic mass is 10.2. The van der Waals surface area contributed by atoms with Gasteiger partial charge in [0, 0.05) is 18.7 Å². The van der Waals surface area contributed by atoms with Crippen LogP contribution in [0.3, 0.4) is 0 Å². The van der Waals surface area contributed by atoms with Crippen LogP contribution in [-0.4, -0.2) is 16.5 Å². The van der Waals surface area contributed by atoms with E-state index < -0.39 is 0 Å². The third-order valence-electron chi connectivity index (χ3n) is 2.54. The van der Waals surface area contributed by atoms with Gasteiger partial charge in [0.25, 0.3) is 0 Å². The standard InChI is InChI=1S/C14H16FN3O/c1-4-16-13-8-14(18-10(3)17-13)19-11-6-5-9(2)12(15)7-11/h5-8H,4H2,1-3H3,(H,16,17,18). The van der Waals surface area contributed by atoms with Gasteiger partial charge in [0.05, 0.1) is 0 Å². The monoisotopic (exact) mass is 261 g/mol. The molecule has 19 heavy (non-hydrogen) atoms. The lowest BCUT2D eigenvalue weighted by Crippen LogP contribution is -2.02. The highest BCUT2D eigenvalue weighted by molar-refractivity contribution is 5.40. The van der Waals surface area contributed by atoms with E-state index in [2.05, 4.69) is 15.3 Å². The first kappa shape index (κ1) is 13.3. The van der Waals surface area contributed by atoms with Gasteiger partial charge in [0.2, 0.25) is 5.88 Å². The molecule has 4 nitrogen and oxygen atoms in total. The Morgan fingerprint density at radius 2 is 2.00 bits per heavy atom. The summed E-state index contributed by atoms with van der Waals surface area (Å²) in [5, 5.41) is 3.09. The van der Waals surface area contributed by atoms with Crippen LogP contribution in [-0.2, 0) is 0 Å². The molecule has 1 heterocycles. The molecular weight excluding hydrogens is 245 g/mol. The molecule has 0 aliphatic carbocycles. The number of anilines is 1. The third-order valence-corrected chi connectivity index (χ3v) is 2.54. The lowest BCUT2D eigenvalue weighted by molar-refractivity contribution is 0.455. The van der Waals surface area contributed by atoms with Crippen molar-refractivity contribution in [2.24, 2.45) is 0 Å². The summed E-state index contributed by atoms with van der Waals surface area (Å²) in [5.74, 6) is 1.81. The van der Waals surface area contributed by atoms with Gasteiger partial charge < -0.3 is 10.1 Å². The zero-order valence-corrected chi connectivity index (χ0v) is 11.2. The molecule has 0 atom stereocenters. The molecular formula is C14H16FN3O. The Bertz CT molecular complexity index is 587. The molecule has 0 saturated heterocycles. The number of ether oxygens (including phenoxy) is 1. The van der Waals surface area contributed by atoms with Crippen LogP contribution in [0.4, 0.5) is 10.2 Å². The fourth-order valence-corrected chi connectivity index (χ4v) is 1.62. The van der Waals surface area contributed by atoms with E-state index in [1.807, 2.05) is 6.92 Å². The van der Waals surface area contributed by atoms with Crippen LogP contribution in [0.2, 0.25) is 0 Å². The predicted molar refractivity (Wildman–Crippen MR) is 72.1 cm³/mol. The molecule has 0 unspecified atom stereocenters. The Hall–Kier alpha value is -2.17. The van der Waals surface area contributed by atoms with Crippen molar-refractivity contribution in [2.75, 3.05) is 11.9 Å². The van der Waals surface area contributed by atoms with Crippen LogP contribution in [0.5, 0.6) is 11.6 Å². The van der Waals surface area contributed by atoms with E-state index >= 15 is 0 Å². The average molecular weight is 261 g/mol. The van der Waals surface area contributed by atoms with E-state index in [4.69, 9.17) is 4.74 Å². The highest BCUT2D eigenvalue weighted by Gasteiger charge is 2.05. The number of hydrogen-bond donors (Lipinski definition) is 1. The van der Waals surface area contributed by atoms with Crippen LogP contribution >= 0.6 is 0 Å². The zero-order valence-electron chi connectivity index (χ0n) is 11.2. The first-order valence-electron chi connectivity index (χ1n) is 6.12. The molecule has 0 bridgehead atoms. The summed E-state index contributed by atoms with van der Waals surface area (Å²) in [4.78, 5) is 8.39. The van der Waals surface area contributed by atoms with Crippen molar-refractivity contribution >= 4 is 5.82 Å². The SMILES string of the molecule is CCNc1cc(Oc2ccc(C)c(F)c2)nc(C)n1. The second kappa shape index (κ2) is 5.65. The molecule has 0 amide bonds. The summed E-state index contributed by atoms with van der Waals surface area (Å²) < 4.78 is 19.0. The number of aromatic nitrogens is 2. The van der Waals surface area contributed by atoms with Gasteiger partial charge in [0.15, 0.2) is 0 Å². The molecule has 5 heteroatoms. The van der Waals surface area contributed by atoms with Gasteiger partial charge in [-0.2, -0.15) is 4.98 Å². The van der Waals surface area contributed by atoms with E-state index in [-0.39, 0.29) is 5.82 Å². The second-order valence-corrected chi connectivity index (χ2v) is 4.18. The Kier molecular flexibility index (Phi) is 3.94. The maximum absolute atomic E-state index is 13.4. The van der Waals surface area contributed by atoms with Crippen molar-refractivity contribution in [3.63, 3.8) is 0 Å². The van der Waals surface area contributed by atoms with Crippen LogP contribution in [0.1, 0.15) is 18.3 Å². The summed E-state index contributed by atoms with van der Waals surface area (Å²) in [7, 11) is 0. The number of halogens is 1. The van der Waals surface area contributed by atoms with Crippen molar-refractivity contribution in [3.05, 3.63) is 41.5 Å². The number of nitrogens with one attached hydrogen (secondary N) is 1. The van der Waals surface area contributed by atoms with Crippen LogP contribution in [0.15, 0.2) is 24.3 Å². The lowest BCUT2D eigenvalue weighted by Gasteiger charge is -2.09. The van der Waals surface area contributed by atoms with E-state index in [0.29, 0.717) is 28.8 Å². The Morgan fingerprint density at radius 1 is 1.21 bits per heavy atom. The summed E-state index contributed by atoms with van der Waals surface area (Å²) in [6.45, 7) is 6.23. The predicted octanol–water partition coefficient (Wildman–Crippen LogP) is 3.46. The summed E-state index contributed by atoms with van der Waals surface area (Å²) in [6, 6.07) is 6.42. The minimum atomic E-state index is -0.296. The smallest absolute Gasteiger partial charge is 0.224 e. The van der Waals surface area contributed by atoms with Gasteiger partial charge in [-0.05, 0) is 32.4 Å². The number of aryl methyl sites for hydroxylation is 2. The van der Waals surface area contributed by atoms with Gasteiger partial charge in [0.1, 0.15) is 23.2 Å². The van der Waals surface area contributed by atoms with Crippen molar-refractivity contribution < 1.29 is 9.13 Å². The molecule has 2 aromatic rings. The molecule has 1 N–H and O–H groups in total. The Balaban J connectivity index is 2.24. The minimum absolute atomic E-state index is 0.296. The molecule has 1 aromatic heterocycles. The van der Waals surface area contributed by atoms with Gasteiger partial charge in [-0.25, -0.2) is 9.37 Å². The van der Waals surface area contributed by atoms with E-state index in [1.165, 1.54) is 6.07 Å². The third kappa shape index (κ3) is 3.40. The fourth-order valence-electron chi connectivity index (χ4n) is 1.62. The molecule has 0 radical (unpaired) electrons.